The van der Waals surface area contributed by atoms with Crippen LogP contribution in [0, 0.1) is 11.8 Å². The standard InChI is InChI=1S/C15H15ClO2/c1-10-2-3-12(14(10)9-17)8-15(18)11-4-6-13(16)7-5-11/h2,4-7,9,12,14H,3,8H2,1H3. The third-order valence-corrected chi connectivity index (χ3v) is 3.79. The van der Waals surface area contributed by atoms with Crippen molar-refractivity contribution in [3.63, 3.8) is 0 Å². The van der Waals surface area contributed by atoms with Gasteiger partial charge in [-0.05, 0) is 43.5 Å². The van der Waals surface area contributed by atoms with Crippen molar-refractivity contribution >= 4 is 23.7 Å². The summed E-state index contributed by atoms with van der Waals surface area (Å²) in [5, 5.41) is 0.621. The minimum absolute atomic E-state index is 0.0756. The largest absolute Gasteiger partial charge is 0.303 e. The van der Waals surface area contributed by atoms with Gasteiger partial charge in [-0.1, -0.05) is 23.3 Å². The molecule has 0 aromatic heterocycles. The predicted octanol–water partition coefficient (Wildman–Crippen LogP) is 3.69. The van der Waals surface area contributed by atoms with Gasteiger partial charge in [0.05, 0.1) is 0 Å². The number of carbonyl (C=O) groups is 2. The van der Waals surface area contributed by atoms with E-state index in [1.54, 1.807) is 24.3 Å². The summed E-state index contributed by atoms with van der Waals surface area (Å²) in [6, 6.07) is 6.89. The molecular weight excluding hydrogens is 248 g/mol. The van der Waals surface area contributed by atoms with Crippen LogP contribution in [-0.2, 0) is 4.79 Å². The van der Waals surface area contributed by atoms with Gasteiger partial charge in [0.2, 0.25) is 0 Å². The average molecular weight is 263 g/mol. The number of Topliss-reactive ketones (excluding diaryl/α,β-unsaturated/α-hetero) is 1. The number of rotatable bonds is 4. The van der Waals surface area contributed by atoms with E-state index in [1.165, 1.54) is 0 Å². The van der Waals surface area contributed by atoms with E-state index in [4.69, 9.17) is 11.6 Å². The molecule has 3 heteroatoms. The molecule has 0 aliphatic heterocycles. The molecule has 2 unspecified atom stereocenters. The summed E-state index contributed by atoms with van der Waals surface area (Å²) in [5.41, 5.74) is 1.74. The summed E-state index contributed by atoms with van der Waals surface area (Å²) in [5.74, 6) is 0.0959. The van der Waals surface area contributed by atoms with E-state index in [-0.39, 0.29) is 17.6 Å². The fourth-order valence-corrected chi connectivity index (χ4v) is 2.54. The van der Waals surface area contributed by atoms with E-state index in [0.717, 1.165) is 18.3 Å². The number of aldehydes is 1. The number of halogens is 1. The van der Waals surface area contributed by atoms with Crippen LogP contribution in [0.15, 0.2) is 35.9 Å². The minimum Gasteiger partial charge on any atom is -0.303 e. The SMILES string of the molecule is CC1=CCC(CC(=O)c2ccc(Cl)cc2)C1C=O. The highest BCUT2D eigenvalue weighted by atomic mass is 35.5. The van der Waals surface area contributed by atoms with Gasteiger partial charge in [-0.2, -0.15) is 0 Å². The topological polar surface area (TPSA) is 34.1 Å². The Kier molecular flexibility index (Phi) is 3.97. The zero-order valence-corrected chi connectivity index (χ0v) is 11.0. The van der Waals surface area contributed by atoms with Gasteiger partial charge in [0.25, 0.3) is 0 Å². The van der Waals surface area contributed by atoms with Gasteiger partial charge in [-0.15, -0.1) is 0 Å². The van der Waals surface area contributed by atoms with Crippen molar-refractivity contribution in [1.29, 1.82) is 0 Å². The molecule has 0 saturated heterocycles. The lowest BCUT2D eigenvalue weighted by Crippen LogP contribution is -2.16. The molecule has 0 radical (unpaired) electrons. The number of ketones is 1. The van der Waals surface area contributed by atoms with Crippen molar-refractivity contribution in [2.75, 3.05) is 0 Å². The first kappa shape index (κ1) is 13.0. The van der Waals surface area contributed by atoms with Crippen molar-refractivity contribution in [2.45, 2.75) is 19.8 Å². The van der Waals surface area contributed by atoms with Crippen molar-refractivity contribution in [1.82, 2.24) is 0 Å². The third-order valence-electron chi connectivity index (χ3n) is 3.54. The number of hydrogen-bond donors (Lipinski definition) is 0. The molecule has 0 bridgehead atoms. The number of hydrogen-bond acceptors (Lipinski definition) is 2. The molecule has 1 aromatic rings. The van der Waals surface area contributed by atoms with Crippen molar-refractivity contribution in [3.8, 4) is 0 Å². The smallest absolute Gasteiger partial charge is 0.163 e. The highest BCUT2D eigenvalue weighted by Gasteiger charge is 2.28. The fraction of sp³-hybridized carbons (Fsp3) is 0.333. The van der Waals surface area contributed by atoms with E-state index >= 15 is 0 Å². The van der Waals surface area contributed by atoms with Crippen LogP contribution >= 0.6 is 11.6 Å². The molecule has 1 aliphatic rings. The number of carbonyl (C=O) groups excluding carboxylic acids is 2. The summed E-state index contributed by atoms with van der Waals surface area (Å²) < 4.78 is 0. The molecule has 2 atom stereocenters. The molecule has 0 fully saturated rings. The van der Waals surface area contributed by atoms with Gasteiger partial charge in [0.1, 0.15) is 6.29 Å². The maximum atomic E-state index is 12.1. The molecule has 1 aromatic carbocycles. The Morgan fingerprint density at radius 3 is 2.67 bits per heavy atom. The fourth-order valence-electron chi connectivity index (χ4n) is 2.41. The second kappa shape index (κ2) is 5.49. The molecule has 18 heavy (non-hydrogen) atoms. The highest BCUT2D eigenvalue weighted by molar-refractivity contribution is 6.30. The van der Waals surface area contributed by atoms with Crippen LogP contribution in [0.2, 0.25) is 5.02 Å². The van der Waals surface area contributed by atoms with Crippen LogP contribution in [0.5, 0.6) is 0 Å². The molecule has 2 nitrogen and oxygen atoms in total. The molecule has 0 amide bonds. The van der Waals surface area contributed by atoms with Crippen LogP contribution in [0.3, 0.4) is 0 Å². The number of benzene rings is 1. The van der Waals surface area contributed by atoms with Gasteiger partial charge in [0.15, 0.2) is 5.78 Å². The Morgan fingerprint density at radius 1 is 1.39 bits per heavy atom. The van der Waals surface area contributed by atoms with E-state index in [2.05, 4.69) is 6.08 Å². The predicted molar refractivity (Wildman–Crippen MR) is 71.8 cm³/mol. The Balaban J connectivity index is 2.04. The molecule has 1 aliphatic carbocycles. The lowest BCUT2D eigenvalue weighted by atomic mass is 9.87. The Morgan fingerprint density at radius 2 is 2.06 bits per heavy atom. The van der Waals surface area contributed by atoms with Gasteiger partial charge >= 0.3 is 0 Å². The summed E-state index contributed by atoms with van der Waals surface area (Å²) in [6.45, 7) is 1.95. The van der Waals surface area contributed by atoms with E-state index < -0.39 is 0 Å². The quantitative estimate of drug-likeness (QED) is 0.471. The summed E-state index contributed by atoms with van der Waals surface area (Å²) >= 11 is 5.79. The van der Waals surface area contributed by atoms with Crippen LogP contribution in [-0.4, -0.2) is 12.1 Å². The molecule has 0 saturated carbocycles. The maximum Gasteiger partial charge on any atom is 0.163 e. The minimum atomic E-state index is -0.0961. The average Bonchev–Trinajstić information content (AvgIpc) is 2.70. The normalized spacial score (nSPS) is 22.7. The maximum absolute atomic E-state index is 12.1. The van der Waals surface area contributed by atoms with Gasteiger partial charge in [-0.25, -0.2) is 0 Å². The Hall–Kier alpha value is -1.41. The lowest BCUT2D eigenvalue weighted by Gasteiger charge is -2.15. The molecule has 2 rings (SSSR count). The first-order valence-corrected chi connectivity index (χ1v) is 6.40. The Bertz CT molecular complexity index is 488. The van der Waals surface area contributed by atoms with Crippen LogP contribution in [0.25, 0.3) is 0 Å². The summed E-state index contributed by atoms with van der Waals surface area (Å²) in [4.78, 5) is 23.1. The van der Waals surface area contributed by atoms with Crippen LogP contribution in [0.4, 0.5) is 0 Å². The summed E-state index contributed by atoms with van der Waals surface area (Å²) in [7, 11) is 0. The van der Waals surface area contributed by atoms with Crippen molar-refractivity contribution < 1.29 is 9.59 Å². The van der Waals surface area contributed by atoms with Gasteiger partial charge < -0.3 is 4.79 Å². The van der Waals surface area contributed by atoms with Crippen LogP contribution < -0.4 is 0 Å². The zero-order chi connectivity index (χ0) is 13.1. The van der Waals surface area contributed by atoms with Crippen molar-refractivity contribution in [2.24, 2.45) is 11.8 Å². The second-order valence-electron chi connectivity index (χ2n) is 4.74. The molecule has 0 heterocycles. The molecule has 94 valence electrons. The van der Waals surface area contributed by atoms with E-state index in [9.17, 15) is 9.59 Å². The monoisotopic (exact) mass is 262 g/mol. The molecule has 0 N–H and O–H groups in total. The zero-order valence-electron chi connectivity index (χ0n) is 10.2. The first-order valence-electron chi connectivity index (χ1n) is 6.02. The Labute approximate surface area is 112 Å². The molecule has 0 spiro atoms. The second-order valence-corrected chi connectivity index (χ2v) is 5.18. The van der Waals surface area contributed by atoms with Crippen molar-refractivity contribution in [3.05, 3.63) is 46.5 Å². The molecular formula is C15H15ClO2. The van der Waals surface area contributed by atoms with Gasteiger partial charge in [-0.3, -0.25) is 4.79 Å². The highest BCUT2D eigenvalue weighted by Crippen LogP contribution is 2.33. The van der Waals surface area contributed by atoms with E-state index in [0.29, 0.717) is 17.0 Å². The van der Waals surface area contributed by atoms with Gasteiger partial charge in [0, 0.05) is 22.9 Å². The first-order chi connectivity index (χ1) is 8.61. The van der Waals surface area contributed by atoms with E-state index in [1.807, 2.05) is 6.92 Å². The lowest BCUT2D eigenvalue weighted by molar-refractivity contribution is -0.111. The number of allylic oxidation sites excluding steroid dienone is 2. The van der Waals surface area contributed by atoms with Crippen LogP contribution in [0.1, 0.15) is 30.1 Å². The third kappa shape index (κ3) is 2.70. The summed E-state index contributed by atoms with van der Waals surface area (Å²) in [6.07, 6.45) is 4.24.